The molecule has 0 saturated carbocycles. The van der Waals surface area contributed by atoms with E-state index in [0.29, 0.717) is 23.6 Å². The number of nitriles is 1. The third kappa shape index (κ3) is 4.80. The highest BCUT2D eigenvalue weighted by Gasteiger charge is 2.17. The zero-order chi connectivity index (χ0) is 15.1. The maximum Gasteiger partial charge on any atom is 0.129 e. The molecule has 114 valence electrons. The van der Waals surface area contributed by atoms with E-state index < -0.39 is 0 Å². The van der Waals surface area contributed by atoms with Crippen LogP contribution < -0.4 is 5.32 Å². The first-order chi connectivity index (χ1) is 10.2. The average Bonchev–Trinajstić information content (AvgIpc) is 2.50. The number of nitrogens with zero attached hydrogens (tertiary/aromatic N) is 2. The number of hydrogen-bond donors (Lipinski definition) is 1. The van der Waals surface area contributed by atoms with Crippen LogP contribution >= 0.6 is 0 Å². The van der Waals surface area contributed by atoms with Crippen molar-refractivity contribution < 1.29 is 4.39 Å². The van der Waals surface area contributed by atoms with Gasteiger partial charge in [0.2, 0.25) is 0 Å². The smallest absolute Gasteiger partial charge is 0.129 e. The van der Waals surface area contributed by atoms with Gasteiger partial charge in [-0.05, 0) is 56.9 Å². The van der Waals surface area contributed by atoms with Crippen molar-refractivity contribution in [1.82, 2.24) is 10.2 Å². The normalized spacial score (nSPS) is 16.1. The quantitative estimate of drug-likeness (QED) is 0.875. The molecule has 21 heavy (non-hydrogen) atoms. The highest BCUT2D eigenvalue weighted by Crippen LogP contribution is 2.17. The molecule has 2 rings (SSSR count). The maximum absolute atomic E-state index is 14.0. The topological polar surface area (TPSA) is 39.1 Å². The molecule has 0 aliphatic carbocycles. The van der Waals surface area contributed by atoms with Gasteiger partial charge < -0.3 is 5.32 Å². The highest BCUT2D eigenvalue weighted by atomic mass is 19.1. The summed E-state index contributed by atoms with van der Waals surface area (Å²) in [5.74, 6) is 0.444. The van der Waals surface area contributed by atoms with E-state index in [0.717, 1.165) is 32.6 Å². The number of hydrogen-bond acceptors (Lipinski definition) is 3. The molecule has 0 atom stereocenters. The van der Waals surface area contributed by atoms with E-state index in [-0.39, 0.29) is 5.82 Å². The second kappa shape index (κ2) is 8.11. The molecule has 1 aromatic carbocycles. The van der Waals surface area contributed by atoms with Gasteiger partial charge in [0.05, 0.1) is 11.6 Å². The lowest BCUT2D eigenvalue weighted by atomic mass is 9.97. The SMILES string of the molecule is CCCN(Cc1ccc(C#N)cc1F)CC1CCNCC1. The summed E-state index contributed by atoms with van der Waals surface area (Å²) in [6, 6.07) is 6.77. The summed E-state index contributed by atoms with van der Waals surface area (Å²) in [4.78, 5) is 2.35. The minimum atomic E-state index is -0.263. The minimum absolute atomic E-state index is 0.263. The number of piperidine rings is 1. The standard InChI is InChI=1S/C17H24FN3/c1-2-9-21(12-14-5-7-20-8-6-14)13-16-4-3-15(11-19)10-17(16)18/h3-4,10,14,20H,2,5-9,12-13H2,1H3. The fraction of sp³-hybridized carbons (Fsp3) is 0.588. The van der Waals surface area contributed by atoms with E-state index in [1.54, 1.807) is 12.1 Å². The van der Waals surface area contributed by atoms with E-state index in [4.69, 9.17) is 5.26 Å². The molecule has 1 saturated heterocycles. The number of benzene rings is 1. The second-order valence-electron chi connectivity index (χ2n) is 5.85. The van der Waals surface area contributed by atoms with Crippen LogP contribution in [0.25, 0.3) is 0 Å². The van der Waals surface area contributed by atoms with E-state index >= 15 is 0 Å². The predicted molar refractivity (Wildman–Crippen MR) is 82.3 cm³/mol. The van der Waals surface area contributed by atoms with Gasteiger partial charge in [-0.25, -0.2) is 4.39 Å². The highest BCUT2D eigenvalue weighted by molar-refractivity contribution is 5.32. The maximum atomic E-state index is 14.0. The fourth-order valence-corrected chi connectivity index (χ4v) is 2.97. The molecule has 3 nitrogen and oxygen atoms in total. The Morgan fingerprint density at radius 1 is 1.38 bits per heavy atom. The molecule has 1 aliphatic heterocycles. The van der Waals surface area contributed by atoms with Gasteiger partial charge in [-0.2, -0.15) is 5.26 Å². The Balaban J connectivity index is 1.99. The summed E-state index contributed by atoms with van der Waals surface area (Å²) < 4.78 is 14.0. The largest absolute Gasteiger partial charge is 0.317 e. The van der Waals surface area contributed by atoms with E-state index in [1.165, 1.54) is 18.9 Å². The Hall–Kier alpha value is -1.44. The van der Waals surface area contributed by atoms with Gasteiger partial charge >= 0.3 is 0 Å². The van der Waals surface area contributed by atoms with Crippen molar-refractivity contribution in [2.45, 2.75) is 32.7 Å². The van der Waals surface area contributed by atoms with Crippen LogP contribution in [0.5, 0.6) is 0 Å². The monoisotopic (exact) mass is 289 g/mol. The Kier molecular flexibility index (Phi) is 6.16. The van der Waals surface area contributed by atoms with Crippen molar-refractivity contribution in [1.29, 1.82) is 5.26 Å². The van der Waals surface area contributed by atoms with Gasteiger partial charge in [0.25, 0.3) is 0 Å². The molecule has 1 aromatic rings. The van der Waals surface area contributed by atoms with Crippen LogP contribution in [0.15, 0.2) is 18.2 Å². The first-order valence-corrected chi connectivity index (χ1v) is 7.84. The minimum Gasteiger partial charge on any atom is -0.317 e. The Bertz CT molecular complexity index is 489. The van der Waals surface area contributed by atoms with Crippen LogP contribution in [0.4, 0.5) is 4.39 Å². The predicted octanol–water partition coefficient (Wildman–Crippen LogP) is 2.91. The van der Waals surface area contributed by atoms with Crippen molar-refractivity contribution in [3.8, 4) is 6.07 Å². The summed E-state index contributed by atoms with van der Waals surface area (Å²) in [6.07, 6.45) is 3.48. The lowest BCUT2D eigenvalue weighted by molar-refractivity contribution is 0.197. The van der Waals surface area contributed by atoms with Crippen LogP contribution in [0.3, 0.4) is 0 Å². The second-order valence-corrected chi connectivity index (χ2v) is 5.85. The summed E-state index contributed by atoms with van der Waals surface area (Å²) in [5, 5.41) is 12.2. The fourth-order valence-electron chi connectivity index (χ4n) is 2.97. The average molecular weight is 289 g/mol. The van der Waals surface area contributed by atoms with Crippen molar-refractivity contribution in [3.05, 3.63) is 35.1 Å². The van der Waals surface area contributed by atoms with E-state index in [9.17, 15) is 4.39 Å². The molecular formula is C17H24FN3. The van der Waals surface area contributed by atoms with Crippen LogP contribution in [-0.2, 0) is 6.54 Å². The third-order valence-electron chi connectivity index (χ3n) is 4.09. The third-order valence-corrected chi connectivity index (χ3v) is 4.09. The van der Waals surface area contributed by atoms with Gasteiger partial charge in [0, 0.05) is 18.7 Å². The zero-order valence-corrected chi connectivity index (χ0v) is 12.7. The molecular weight excluding hydrogens is 265 g/mol. The van der Waals surface area contributed by atoms with Crippen molar-refractivity contribution in [3.63, 3.8) is 0 Å². The first kappa shape index (κ1) is 15.9. The molecule has 1 heterocycles. The molecule has 0 spiro atoms. The van der Waals surface area contributed by atoms with Gasteiger partial charge in [0.15, 0.2) is 0 Å². The Morgan fingerprint density at radius 2 is 2.14 bits per heavy atom. The van der Waals surface area contributed by atoms with E-state index in [2.05, 4.69) is 17.1 Å². The summed E-state index contributed by atoms with van der Waals surface area (Å²) in [6.45, 7) is 7.00. The molecule has 1 aliphatic rings. The molecule has 0 amide bonds. The van der Waals surface area contributed by atoms with E-state index in [1.807, 2.05) is 6.07 Å². The Morgan fingerprint density at radius 3 is 2.76 bits per heavy atom. The summed E-state index contributed by atoms with van der Waals surface area (Å²) >= 11 is 0. The lowest BCUT2D eigenvalue weighted by Crippen LogP contribution is -2.36. The van der Waals surface area contributed by atoms with Gasteiger partial charge in [0.1, 0.15) is 5.82 Å². The van der Waals surface area contributed by atoms with Gasteiger partial charge in [-0.15, -0.1) is 0 Å². The zero-order valence-electron chi connectivity index (χ0n) is 12.7. The van der Waals surface area contributed by atoms with Crippen molar-refractivity contribution >= 4 is 0 Å². The van der Waals surface area contributed by atoms with Gasteiger partial charge in [-0.3, -0.25) is 4.90 Å². The number of rotatable bonds is 6. The van der Waals surface area contributed by atoms with Gasteiger partial charge in [-0.1, -0.05) is 13.0 Å². The van der Waals surface area contributed by atoms with Crippen LogP contribution in [0.2, 0.25) is 0 Å². The Labute approximate surface area is 126 Å². The summed E-state index contributed by atoms with van der Waals surface area (Å²) in [5.41, 5.74) is 1.08. The molecule has 1 fully saturated rings. The lowest BCUT2D eigenvalue weighted by Gasteiger charge is -2.30. The molecule has 0 aromatic heterocycles. The molecule has 4 heteroatoms. The van der Waals surface area contributed by atoms with Crippen molar-refractivity contribution in [2.75, 3.05) is 26.2 Å². The summed E-state index contributed by atoms with van der Waals surface area (Å²) in [7, 11) is 0. The molecule has 0 radical (unpaired) electrons. The number of halogens is 1. The van der Waals surface area contributed by atoms with Crippen LogP contribution in [0, 0.1) is 23.1 Å². The van der Waals surface area contributed by atoms with Crippen LogP contribution in [0.1, 0.15) is 37.3 Å². The molecule has 0 bridgehead atoms. The molecule has 1 N–H and O–H groups in total. The first-order valence-electron chi connectivity index (χ1n) is 7.84. The van der Waals surface area contributed by atoms with Crippen LogP contribution in [-0.4, -0.2) is 31.1 Å². The number of nitrogens with one attached hydrogen (secondary N) is 1. The molecule has 0 unspecified atom stereocenters. The van der Waals surface area contributed by atoms with Crippen molar-refractivity contribution in [2.24, 2.45) is 5.92 Å².